The van der Waals surface area contributed by atoms with E-state index in [9.17, 15) is 0 Å². The first-order chi connectivity index (χ1) is 12.4. The highest BCUT2D eigenvalue weighted by Crippen LogP contribution is 2.26. The van der Waals surface area contributed by atoms with E-state index >= 15 is 0 Å². The van der Waals surface area contributed by atoms with Gasteiger partial charge in [-0.3, -0.25) is 0 Å². The van der Waals surface area contributed by atoms with Crippen molar-refractivity contribution in [3.8, 4) is 0 Å². The van der Waals surface area contributed by atoms with Gasteiger partial charge in [-0.05, 0) is 6.42 Å². The Labute approximate surface area is 166 Å². The van der Waals surface area contributed by atoms with Crippen LogP contribution in [0.5, 0.6) is 0 Å². The van der Waals surface area contributed by atoms with Gasteiger partial charge in [-0.15, -0.1) is 0 Å². The van der Waals surface area contributed by atoms with Gasteiger partial charge < -0.3 is 29.4 Å². The molecule has 0 aliphatic carbocycles. The molecule has 13 heteroatoms. The molecule has 0 aliphatic rings. The predicted molar refractivity (Wildman–Crippen MR) is 106 cm³/mol. The van der Waals surface area contributed by atoms with Crippen molar-refractivity contribution < 1.29 is 48.1 Å². The summed E-state index contributed by atoms with van der Waals surface area (Å²) in [6.07, 6.45) is 16.4. The van der Waals surface area contributed by atoms with Gasteiger partial charge in [-0.2, -0.15) is 4.33 Å². The molecule has 0 amide bonds. The Hall–Kier alpha value is 0.490. The number of rotatable bonds is 14. The van der Waals surface area contributed by atoms with Gasteiger partial charge in [-0.1, -0.05) is 77.6 Å². The van der Waals surface area contributed by atoms with E-state index in [4.69, 9.17) is 43.7 Å². The Morgan fingerprint density at radius 2 is 0.889 bits per heavy atom. The maximum absolute atomic E-state index is 8.88. The largest absolute Gasteiger partial charge is 0.466 e. The summed E-state index contributed by atoms with van der Waals surface area (Å²) in [6, 6.07) is 0. The molecular weight excluding hydrogens is 422 g/mol. The molecule has 27 heavy (non-hydrogen) atoms. The van der Waals surface area contributed by atoms with Gasteiger partial charge in [0.15, 0.2) is 0 Å². The highest BCUT2D eigenvalue weighted by atomic mass is 32.2. The van der Waals surface area contributed by atoms with E-state index in [0.29, 0.717) is 0 Å². The van der Waals surface area contributed by atoms with Crippen molar-refractivity contribution in [2.24, 2.45) is 0 Å². The van der Waals surface area contributed by atoms with Crippen molar-refractivity contribution in [1.29, 1.82) is 0 Å². The van der Waals surface area contributed by atoms with Crippen LogP contribution >= 0.6 is 27.7 Å². The Kier molecular flexibility index (Phi) is 27.1. The number of hydrogen-bond donors (Lipinski definition) is 7. The fourth-order valence-corrected chi connectivity index (χ4v) is 2.44. The lowest BCUT2D eigenvalue weighted by Crippen LogP contribution is -1.84. The van der Waals surface area contributed by atoms with Crippen molar-refractivity contribution in [2.45, 2.75) is 84.0 Å². The summed E-state index contributed by atoms with van der Waals surface area (Å²) in [5, 5.41) is 8.11. The molecule has 7 N–H and O–H groups in total. The molecule has 0 aliphatic heterocycles. The fraction of sp³-hybridized carbons (Fsp3) is 1.00. The van der Waals surface area contributed by atoms with E-state index in [1.54, 1.807) is 0 Å². The van der Waals surface area contributed by atoms with Gasteiger partial charge in [-0.25, -0.2) is 14.4 Å². The van der Waals surface area contributed by atoms with Crippen LogP contribution < -0.4 is 0 Å². The average molecular weight is 458 g/mol. The van der Waals surface area contributed by atoms with Crippen molar-refractivity contribution in [2.75, 3.05) is 5.75 Å². The minimum Gasteiger partial charge on any atom is -0.303 e. The molecule has 0 rings (SSSR count). The summed E-state index contributed by atoms with van der Waals surface area (Å²) < 4.78 is 21.7. The fourth-order valence-electron chi connectivity index (χ4n) is 2.04. The van der Waals surface area contributed by atoms with E-state index in [0.717, 1.165) is 24.2 Å². The van der Waals surface area contributed by atoms with Crippen molar-refractivity contribution in [3.05, 3.63) is 0 Å². The monoisotopic (exact) mass is 458 g/mol. The minimum atomic E-state index is -4.64. The zero-order valence-electron chi connectivity index (χ0n) is 15.9. The number of phosphoric acid groups is 2. The molecule has 0 aromatic carbocycles. The van der Waals surface area contributed by atoms with E-state index in [-0.39, 0.29) is 0 Å². The second-order valence-electron chi connectivity index (χ2n) is 5.81. The van der Waals surface area contributed by atoms with E-state index in [1.807, 2.05) is 0 Å². The molecule has 0 spiro atoms. The number of hydrogen-bond acceptors (Lipinski definition) is 5. The van der Waals surface area contributed by atoms with Gasteiger partial charge in [0, 0.05) is 17.8 Å². The first-order valence-electron chi connectivity index (χ1n) is 8.91. The van der Waals surface area contributed by atoms with Crippen molar-refractivity contribution >= 4 is 27.7 Å². The molecular formula is C14H36O10P2S. The summed E-state index contributed by atoms with van der Waals surface area (Å²) in [6.45, 7) is 2.27. The summed E-state index contributed by atoms with van der Waals surface area (Å²) in [5.74, 6) is 0.911. The van der Waals surface area contributed by atoms with Gasteiger partial charge in [0.25, 0.3) is 0 Å². The molecule has 0 fully saturated rings. The van der Waals surface area contributed by atoms with Crippen LogP contribution in [0.3, 0.4) is 0 Å². The van der Waals surface area contributed by atoms with Crippen LogP contribution in [0, 0.1) is 0 Å². The van der Waals surface area contributed by atoms with Crippen LogP contribution in [-0.2, 0) is 13.5 Å². The highest BCUT2D eigenvalue weighted by Gasteiger charge is 2.00. The molecule has 0 aromatic heterocycles. The third kappa shape index (κ3) is 75.7. The van der Waals surface area contributed by atoms with Gasteiger partial charge in [0.2, 0.25) is 0 Å². The Balaban J connectivity index is -0.000000471. The summed E-state index contributed by atoms with van der Waals surface area (Å²) in [7, 11) is -9.28. The maximum Gasteiger partial charge on any atom is 0.466 e. The molecule has 0 unspecified atom stereocenters. The molecule has 0 heterocycles. The van der Waals surface area contributed by atoms with E-state index in [1.165, 1.54) is 70.6 Å². The normalized spacial score (nSPS) is 11.3. The van der Waals surface area contributed by atoms with Gasteiger partial charge in [0.05, 0.1) is 0 Å². The summed E-state index contributed by atoms with van der Waals surface area (Å²) in [5.41, 5.74) is 0. The molecule has 0 saturated carbocycles. The lowest BCUT2D eigenvalue weighted by molar-refractivity contribution is -0.116. The molecule has 0 radical (unpaired) electrons. The maximum atomic E-state index is 8.88. The molecule has 0 aromatic rings. The first-order valence-corrected chi connectivity index (χ1v) is 13.0. The SMILES string of the molecule is CCCCCCCCCCCCCCSOO.O=P(O)(O)O.O=P(O)(O)O. The number of unbranched alkanes of at least 4 members (excludes halogenated alkanes) is 11. The third-order valence-electron chi connectivity index (χ3n) is 3.13. The van der Waals surface area contributed by atoms with Crippen LogP contribution in [0.2, 0.25) is 0 Å². The lowest BCUT2D eigenvalue weighted by Gasteiger charge is -2.02. The Bertz CT molecular complexity index is 324. The van der Waals surface area contributed by atoms with Gasteiger partial charge in [0.1, 0.15) is 0 Å². The van der Waals surface area contributed by atoms with Crippen LogP contribution in [-0.4, -0.2) is 40.4 Å². The third-order valence-corrected chi connectivity index (χ3v) is 3.69. The van der Waals surface area contributed by atoms with Crippen molar-refractivity contribution in [1.82, 2.24) is 0 Å². The highest BCUT2D eigenvalue weighted by molar-refractivity contribution is 7.94. The van der Waals surface area contributed by atoms with Gasteiger partial charge >= 0.3 is 15.6 Å². The quantitative estimate of drug-likeness (QED) is 0.0656. The average Bonchev–Trinajstić information content (AvgIpc) is 2.49. The van der Waals surface area contributed by atoms with E-state index < -0.39 is 15.6 Å². The minimum absolute atomic E-state index is 0.911. The first kappa shape index (κ1) is 32.2. The second-order valence-corrected chi connectivity index (χ2v) is 8.66. The molecule has 168 valence electrons. The topological polar surface area (TPSA) is 185 Å². The standard InChI is InChI=1S/C14H30O2S.2H3O4P/c1-2-3-4-5-6-7-8-9-10-11-12-13-14-17-16-15;2*1-5(2,3)4/h15H,2-14H2,1H3;2*(H3,1,2,3,4). The zero-order valence-corrected chi connectivity index (χ0v) is 18.5. The van der Waals surface area contributed by atoms with Crippen LogP contribution in [0.25, 0.3) is 0 Å². The second kappa shape index (κ2) is 22.8. The smallest absolute Gasteiger partial charge is 0.303 e. The lowest BCUT2D eigenvalue weighted by atomic mass is 10.1. The predicted octanol–water partition coefficient (Wildman–Crippen LogP) is 3.97. The summed E-state index contributed by atoms with van der Waals surface area (Å²) in [4.78, 5) is 43.1. The van der Waals surface area contributed by atoms with Crippen molar-refractivity contribution in [3.63, 3.8) is 0 Å². The van der Waals surface area contributed by atoms with Crippen LogP contribution in [0.1, 0.15) is 84.0 Å². The van der Waals surface area contributed by atoms with E-state index in [2.05, 4.69) is 11.3 Å². The molecule has 0 saturated heterocycles. The molecule has 10 nitrogen and oxygen atoms in total. The molecule has 0 atom stereocenters. The zero-order chi connectivity index (χ0) is 21.6. The Morgan fingerprint density at radius 1 is 0.630 bits per heavy atom. The summed E-state index contributed by atoms with van der Waals surface area (Å²) >= 11 is 1.14. The van der Waals surface area contributed by atoms with Crippen LogP contribution in [0.15, 0.2) is 0 Å². The van der Waals surface area contributed by atoms with Crippen LogP contribution in [0.4, 0.5) is 0 Å². The molecule has 0 bridgehead atoms. The Morgan fingerprint density at radius 3 is 1.15 bits per heavy atom.